The van der Waals surface area contributed by atoms with Gasteiger partial charge in [-0.25, -0.2) is 13.1 Å². The molecule has 0 heterocycles. The molecule has 0 aliphatic carbocycles. The average molecular weight is 326 g/mol. The minimum Gasteiger partial charge on any atom is -0.481 e. The van der Waals surface area contributed by atoms with Crippen molar-refractivity contribution in [1.29, 1.82) is 0 Å². The highest BCUT2D eigenvalue weighted by Gasteiger charge is 2.12. The van der Waals surface area contributed by atoms with Crippen molar-refractivity contribution < 1.29 is 18.3 Å². The summed E-state index contributed by atoms with van der Waals surface area (Å²) in [6.45, 7) is 0.156. The van der Waals surface area contributed by atoms with E-state index in [1.165, 1.54) is 0 Å². The van der Waals surface area contributed by atoms with E-state index in [1.807, 2.05) is 0 Å². The van der Waals surface area contributed by atoms with Crippen LogP contribution in [0.15, 0.2) is 18.2 Å². The molecule has 1 rings (SSSR count). The summed E-state index contributed by atoms with van der Waals surface area (Å²) in [5.41, 5.74) is 0.770. The first-order chi connectivity index (χ1) is 8.80. The van der Waals surface area contributed by atoms with E-state index in [2.05, 4.69) is 4.72 Å². The summed E-state index contributed by atoms with van der Waals surface area (Å²) in [6.07, 6.45) is -0.0145. The molecule has 2 N–H and O–H groups in total. The van der Waals surface area contributed by atoms with E-state index < -0.39 is 28.2 Å². The Kier molecular flexibility index (Phi) is 6.06. The fraction of sp³-hybridized carbons (Fsp3) is 0.364. The van der Waals surface area contributed by atoms with Gasteiger partial charge in [-0.3, -0.25) is 4.79 Å². The first kappa shape index (κ1) is 16.2. The van der Waals surface area contributed by atoms with Crippen LogP contribution in [-0.2, 0) is 21.2 Å². The molecular weight excluding hydrogens is 313 g/mol. The Morgan fingerprint density at radius 3 is 2.58 bits per heavy atom. The summed E-state index contributed by atoms with van der Waals surface area (Å²) in [6, 6.07) is 4.97. The second-order valence-corrected chi connectivity index (χ2v) is 6.61. The fourth-order valence-corrected chi connectivity index (χ4v) is 2.86. The van der Waals surface area contributed by atoms with Gasteiger partial charge in [0, 0.05) is 16.6 Å². The molecule has 5 nitrogen and oxygen atoms in total. The number of hydrogen-bond donors (Lipinski definition) is 2. The lowest BCUT2D eigenvalue weighted by atomic mass is 10.1. The maximum absolute atomic E-state index is 11.4. The van der Waals surface area contributed by atoms with Crippen LogP contribution in [0.4, 0.5) is 0 Å². The monoisotopic (exact) mass is 325 g/mol. The normalized spacial score (nSPS) is 11.5. The molecule has 0 unspecified atom stereocenters. The number of nitrogens with one attached hydrogen (secondary N) is 1. The largest absolute Gasteiger partial charge is 0.481 e. The fourth-order valence-electron chi connectivity index (χ4n) is 1.36. The van der Waals surface area contributed by atoms with Gasteiger partial charge in [0.15, 0.2) is 0 Å². The van der Waals surface area contributed by atoms with E-state index in [9.17, 15) is 13.2 Å². The van der Waals surface area contributed by atoms with Gasteiger partial charge in [0.2, 0.25) is 10.0 Å². The zero-order valence-electron chi connectivity index (χ0n) is 9.90. The minimum absolute atomic E-state index is 0.156. The van der Waals surface area contributed by atoms with E-state index in [4.69, 9.17) is 28.3 Å². The third-order valence-corrected chi connectivity index (χ3v) is 4.29. The molecule has 0 bridgehead atoms. The smallest absolute Gasteiger partial charge is 0.304 e. The van der Waals surface area contributed by atoms with Gasteiger partial charge in [0.05, 0.1) is 12.2 Å². The lowest BCUT2D eigenvalue weighted by molar-refractivity contribution is -0.136. The summed E-state index contributed by atoms with van der Waals surface area (Å²) in [5.74, 6) is -1.58. The first-order valence-electron chi connectivity index (χ1n) is 5.43. The standard InChI is InChI=1S/C11H13Cl2NO4S/c12-9-2-1-8(10(13)7-9)3-5-14-19(17,18)6-4-11(15)16/h1-2,7,14H,3-6H2,(H,15,16). The van der Waals surface area contributed by atoms with Gasteiger partial charge in [-0.05, 0) is 24.1 Å². The van der Waals surface area contributed by atoms with Crippen molar-refractivity contribution in [2.45, 2.75) is 12.8 Å². The lowest BCUT2D eigenvalue weighted by Gasteiger charge is -2.07. The average Bonchev–Trinajstić information content (AvgIpc) is 2.29. The zero-order valence-corrected chi connectivity index (χ0v) is 12.2. The van der Waals surface area contributed by atoms with Gasteiger partial charge in [0.1, 0.15) is 0 Å². The number of halogens is 2. The van der Waals surface area contributed by atoms with Gasteiger partial charge in [-0.2, -0.15) is 0 Å². The van der Waals surface area contributed by atoms with Crippen LogP contribution < -0.4 is 4.72 Å². The molecule has 0 aliphatic heterocycles. The third-order valence-electron chi connectivity index (χ3n) is 2.32. The molecule has 0 saturated heterocycles. The van der Waals surface area contributed by atoms with E-state index in [0.717, 1.165) is 5.56 Å². The summed E-state index contributed by atoms with van der Waals surface area (Å²) in [4.78, 5) is 10.3. The highest BCUT2D eigenvalue weighted by Crippen LogP contribution is 2.21. The number of rotatable bonds is 7. The molecule has 0 spiro atoms. The Hall–Kier alpha value is -0.820. The van der Waals surface area contributed by atoms with Crippen molar-refractivity contribution in [2.75, 3.05) is 12.3 Å². The van der Waals surface area contributed by atoms with Crippen LogP contribution in [0.25, 0.3) is 0 Å². The predicted molar refractivity (Wildman–Crippen MR) is 74.2 cm³/mol. The number of carboxylic acids is 1. The van der Waals surface area contributed by atoms with Crippen molar-refractivity contribution in [3.05, 3.63) is 33.8 Å². The minimum atomic E-state index is -3.57. The summed E-state index contributed by atoms with van der Waals surface area (Å²) in [5, 5.41) is 9.40. The Balaban J connectivity index is 2.47. The van der Waals surface area contributed by atoms with Crippen LogP contribution in [0.5, 0.6) is 0 Å². The number of carbonyl (C=O) groups is 1. The van der Waals surface area contributed by atoms with Gasteiger partial charge < -0.3 is 5.11 Å². The second kappa shape index (κ2) is 7.09. The number of sulfonamides is 1. The van der Waals surface area contributed by atoms with Gasteiger partial charge in [-0.1, -0.05) is 29.3 Å². The van der Waals surface area contributed by atoms with E-state index in [0.29, 0.717) is 16.5 Å². The van der Waals surface area contributed by atoms with Crippen LogP contribution in [0.2, 0.25) is 10.0 Å². The van der Waals surface area contributed by atoms with E-state index >= 15 is 0 Å². The molecule has 19 heavy (non-hydrogen) atoms. The summed E-state index contributed by atoms with van der Waals surface area (Å²) in [7, 11) is -3.57. The Bertz CT molecular complexity index is 560. The molecule has 0 fully saturated rings. The van der Waals surface area contributed by atoms with E-state index in [1.54, 1.807) is 18.2 Å². The molecular formula is C11H13Cl2NO4S. The molecule has 0 atom stereocenters. The Morgan fingerprint density at radius 1 is 1.32 bits per heavy atom. The summed E-state index contributed by atoms with van der Waals surface area (Å²) >= 11 is 11.7. The molecule has 1 aromatic rings. The number of aliphatic carboxylic acids is 1. The molecule has 8 heteroatoms. The Morgan fingerprint density at radius 2 is 2.00 bits per heavy atom. The van der Waals surface area contributed by atoms with Crippen LogP contribution in [0, 0.1) is 0 Å². The third kappa shape index (κ3) is 6.24. The van der Waals surface area contributed by atoms with Crippen LogP contribution >= 0.6 is 23.2 Å². The first-order valence-corrected chi connectivity index (χ1v) is 7.84. The molecule has 1 aromatic carbocycles. The van der Waals surface area contributed by atoms with Gasteiger partial charge >= 0.3 is 5.97 Å². The number of hydrogen-bond acceptors (Lipinski definition) is 3. The topological polar surface area (TPSA) is 83.5 Å². The SMILES string of the molecule is O=C(O)CCS(=O)(=O)NCCc1ccc(Cl)cc1Cl. The van der Waals surface area contributed by atoms with Crippen molar-refractivity contribution in [1.82, 2.24) is 4.72 Å². The Labute approximate surface area is 121 Å². The predicted octanol–water partition coefficient (Wildman–Crippen LogP) is 1.93. The quantitative estimate of drug-likeness (QED) is 0.802. The highest BCUT2D eigenvalue weighted by atomic mass is 35.5. The highest BCUT2D eigenvalue weighted by molar-refractivity contribution is 7.89. The molecule has 106 valence electrons. The van der Waals surface area contributed by atoms with Crippen molar-refractivity contribution >= 4 is 39.2 Å². The molecule has 0 amide bonds. The van der Waals surface area contributed by atoms with Crippen molar-refractivity contribution in [2.24, 2.45) is 0 Å². The molecule has 0 saturated carbocycles. The van der Waals surface area contributed by atoms with Crippen LogP contribution in [0.3, 0.4) is 0 Å². The molecule has 0 aromatic heterocycles. The van der Waals surface area contributed by atoms with E-state index in [-0.39, 0.29) is 6.54 Å². The maximum Gasteiger partial charge on any atom is 0.304 e. The maximum atomic E-state index is 11.4. The number of benzene rings is 1. The van der Waals surface area contributed by atoms with Crippen molar-refractivity contribution in [3.8, 4) is 0 Å². The van der Waals surface area contributed by atoms with Crippen molar-refractivity contribution in [3.63, 3.8) is 0 Å². The summed E-state index contributed by atoms with van der Waals surface area (Å²) < 4.78 is 25.2. The lowest BCUT2D eigenvalue weighted by Crippen LogP contribution is -2.29. The van der Waals surface area contributed by atoms with Crippen LogP contribution in [-0.4, -0.2) is 31.8 Å². The zero-order chi connectivity index (χ0) is 14.5. The van der Waals surface area contributed by atoms with Gasteiger partial charge in [-0.15, -0.1) is 0 Å². The molecule has 0 aliphatic rings. The number of carboxylic acid groups (broad SMARTS) is 1. The van der Waals surface area contributed by atoms with Gasteiger partial charge in [0.25, 0.3) is 0 Å². The molecule has 0 radical (unpaired) electrons. The second-order valence-electron chi connectivity index (χ2n) is 3.84. The van der Waals surface area contributed by atoms with Crippen LogP contribution in [0.1, 0.15) is 12.0 Å².